The molecule has 4 aromatic rings. The van der Waals surface area contributed by atoms with Gasteiger partial charge >= 0.3 is 0 Å². The van der Waals surface area contributed by atoms with Gasteiger partial charge in [-0.1, -0.05) is 5.16 Å². The number of fused-ring (bicyclic) bond motifs is 1. The topological polar surface area (TPSA) is 94.0 Å². The fourth-order valence-corrected chi connectivity index (χ4v) is 2.45. The molecule has 8 nitrogen and oxygen atoms in total. The molecule has 4 rings (SSSR count). The lowest BCUT2D eigenvalue weighted by Crippen LogP contribution is -2.11. The van der Waals surface area contributed by atoms with Crippen molar-refractivity contribution in [2.24, 2.45) is 0 Å². The summed E-state index contributed by atoms with van der Waals surface area (Å²) in [5.74, 6) is 1.82. The van der Waals surface area contributed by atoms with Crippen molar-refractivity contribution in [2.45, 2.75) is 19.9 Å². The zero-order valence-corrected chi connectivity index (χ0v) is 13.2. The Kier molecular flexibility index (Phi) is 3.42. The van der Waals surface area contributed by atoms with E-state index in [2.05, 4.69) is 30.5 Å². The van der Waals surface area contributed by atoms with Gasteiger partial charge in [-0.15, -0.1) is 0 Å². The molecule has 0 bridgehead atoms. The van der Waals surface area contributed by atoms with Gasteiger partial charge in [0, 0.05) is 35.8 Å². The second-order valence-corrected chi connectivity index (χ2v) is 5.45. The third-order valence-corrected chi connectivity index (χ3v) is 3.58. The number of aryl methyl sites for hydroxylation is 1. The van der Waals surface area contributed by atoms with Crippen LogP contribution in [0.4, 0.5) is 5.82 Å². The van der Waals surface area contributed by atoms with Gasteiger partial charge in [0.15, 0.2) is 5.65 Å². The number of rotatable bonds is 4. The van der Waals surface area contributed by atoms with Crippen LogP contribution in [0.5, 0.6) is 0 Å². The van der Waals surface area contributed by atoms with Crippen LogP contribution in [0.3, 0.4) is 0 Å². The van der Waals surface area contributed by atoms with Gasteiger partial charge in [-0.25, -0.2) is 4.98 Å². The van der Waals surface area contributed by atoms with Crippen LogP contribution in [-0.4, -0.2) is 29.7 Å². The lowest BCUT2D eigenvalue weighted by Gasteiger charge is -2.12. The number of pyridine rings is 1. The van der Waals surface area contributed by atoms with Gasteiger partial charge in [0.2, 0.25) is 11.7 Å². The number of aromatic nitrogens is 6. The highest BCUT2D eigenvalue weighted by molar-refractivity contribution is 5.52. The molecule has 0 aromatic carbocycles. The molecule has 0 unspecified atom stereocenters. The van der Waals surface area contributed by atoms with Gasteiger partial charge in [0.1, 0.15) is 11.9 Å². The van der Waals surface area contributed by atoms with Crippen LogP contribution in [0.2, 0.25) is 0 Å². The number of nitrogens with one attached hydrogen (secondary N) is 1. The highest BCUT2D eigenvalue weighted by Crippen LogP contribution is 2.21. The molecule has 0 fully saturated rings. The molecule has 24 heavy (non-hydrogen) atoms. The SMILES string of the molecule is Cc1cc(N[C@H](C)c2nc(-c3cccnc3)no2)n2nccc2n1. The number of anilines is 1. The quantitative estimate of drug-likeness (QED) is 0.617. The third kappa shape index (κ3) is 2.58. The first-order chi connectivity index (χ1) is 11.7. The summed E-state index contributed by atoms with van der Waals surface area (Å²) in [6.45, 7) is 3.89. The largest absolute Gasteiger partial charge is 0.358 e. The van der Waals surface area contributed by atoms with Crippen molar-refractivity contribution < 1.29 is 4.52 Å². The van der Waals surface area contributed by atoms with Crippen LogP contribution in [0.25, 0.3) is 17.0 Å². The summed E-state index contributed by atoms with van der Waals surface area (Å²) in [5, 5.41) is 11.6. The maximum absolute atomic E-state index is 5.38. The average Bonchev–Trinajstić information content (AvgIpc) is 3.24. The molecule has 0 aliphatic carbocycles. The van der Waals surface area contributed by atoms with Crippen molar-refractivity contribution in [1.29, 1.82) is 0 Å². The highest BCUT2D eigenvalue weighted by Gasteiger charge is 2.17. The Morgan fingerprint density at radius 2 is 2.12 bits per heavy atom. The fraction of sp³-hybridized carbons (Fsp3) is 0.188. The van der Waals surface area contributed by atoms with E-state index in [-0.39, 0.29) is 6.04 Å². The smallest absolute Gasteiger partial charge is 0.249 e. The molecule has 0 saturated carbocycles. The molecule has 0 aliphatic heterocycles. The minimum absolute atomic E-state index is 0.183. The van der Waals surface area contributed by atoms with E-state index >= 15 is 0 Å². The Bertz CT molecular complexity index is 976. The zero-order valence-electron chi connectivity index (χ0n) is 13.2. The lowest BCUT2D eigenvalue weighted by molar-refractivity contribution is 0.367. The lowest BCUT2D eigenvalue weighted by atomic mass is 10.3. The maximum atomic E-state index is 5.38. The molecule has 4 aromatic heterocycles. The normalized spacial score (nSPS) is 12.4. The van der Waals surface area contributed by atoms with Crippen LogP contribution in [0, 0.1) is 6.92 Å². The van der Waals surface area contributed by atoms with E-state index in [0.29, 0.717) is 11.7 Å². The summed E-state index contributed by atoms with van der Waals surface area (Å²) >= 11 is 0. The standard InChI is InChI=1S/C16H15N7O/c1-10-8-14(23-13(19-10)5-7-18-23)20-11(2)16-21-15(22-24-16)12-4-3-6-17-9-12/h3-9,11,20H,1-2H3/t11-/m1/s1. The third-order valence-electron chi connectivity index (χ3n) is 3.58. The monoisotopic (exact) mass is 321 g/mol. The van der Waals surface area contributed by atoms with Crippen molar-refractivity contribution in [1.82, 2.24) is 29.7 Å². The molecule has 0 spiro atoms. The minimum atomic E-state index is -0.183. The van der Waals surface area contributed by atoms with Gasteiger partial charge in [-0.05, 0) is 26.0 Å². The van der Waals surface area contributed by atoms with E-state index < -0.39 is 0 Å². The first kappa shape index (κ1) is 14.3. The number of hydrogen-bond donors (Lipinski definition) is 1. The van der Waals surface area contributed by atoms with Crippen molar-refractivity contribution >= 4 is 11.5 Å². The van der Waals surface area contributed by atoms with Crippen LogP contribution in [0.15, 0.2) is 47.4 Å². The summed E-state index contributed by atoms with van der Waals surface area (Å²) in [6, 6.07) is 7.32. The molecule has 1 N–H and O–H groups in total. The van der Waals surface area contributed by atoms with Crippen LogP contribution >= 0.6 is 0 Å². The van der Waals surface area contributed by atoms with Gasteiger partial charge in [0.25, 0.3) is 0 Å². The van der Waals surface area contributed by atoms with Crippen molar-refractivity contribution in [2.75, 3.05) is 5.32 Å². The minimum Gasteiger partial charge on any atom is -0.358 e. The zero-order chi connectivity index (χ0) is 16.5. The Hall–Kier alpha value is -3.29. The van der Waals surface area contributed by atoms with Gasteiger partial charge in [-0.2, -0.15) is 14.6 Å². The summed E-state index contributed by atoms with van der Waals surface area (Å²) < 4.78 is 7.12. The van der Waals surface area contributed by atoms with Crippen LogP contribution < -0.4 is 5.32 Å². The predicted molar refractivity (Wildman–Crippen MR) is 87.3 cm³/mol. The van der Waals surface area contributed by atoms with E-state index in [1.54, 1.807) is 23.1 Å². The molecule has 120 valence electrons. The Labute approximate surface area is 137 Å². The Morgan fingerprint density at radius 1 is 1.21 bits per heavy atom. The van der Waals surface area contributed by atoms with Crippen molar-refractivity contribution in [3.63, 3.8) is 0 Å². The fourth-order valence-electron chi connectivity index (χ4n) is 2.45. The summed E-state index contributed by atoms with van der Waals surface area (Å²) in [4.78, 5) is 12.9. The van der Waals surface area contributed by atoms with Crippen LogP contribution in [0.1, 0.15) is 24.6 Å². The molecule has 0 saturated heterocycles. The van der Waals surface area contributed by atoms with Crippen molar-refractivity contribution in [3.05, 3.63) is 54.4 Å². The Morgan fingerprint density at radius 3 is 2.96 bits per heavy atom. The maximum Gasteiger partial charge on any atom is 0.249 e. The van der Waals surface area contributed by atoms with Gasteiger partial charge < -0.3 is 9.84 Å². The second-order valence-electron chi connectivity index (χ2n) is 5.45. The molecule has 8 heteroatoms. The molecule has 0 aliphatic rings. The molecular formula is C16H15N7O. The van der Waals surface area contributed by atoms with E-state index in [1.165, 1.54) is 0 Å². The molecule has 0 amide bonds. The van der Waals surface area contributed by atoms with E-state index in [9.17, 15) is 0 Å². The molecule has 4 heterocycles. The molecule has 1 atom stereocenters. The van der Waals surface area contributed by atoms with Crippen molar-refractivity contribution in [3.8, 4) is 11.4 Å². The van der Waals surface area contributed by atoms with Gasteiger partial charge in [0.05, 0.1) is 6.20 Å². The van der Waals surface area contributed by atoms with E-state index in [0.717, 1.165) is 22.7 Å². The number of nitrogens with zero attached hydrogens (tertiary/aromatic N) is 6. The summed E-state index contributed by atoms with van der Waals surface area (Å²) in [7, 11) is 0. The number of hydrogen-bond acceptors (Lipinski definition) is 7. The molecular weight excluding hydrogens is 306 g/mol. The summed E-state index contributed by atoms with van der Waals surface area (Å²) in [5.41, 5.74) is 2.50. The average molecular weight is 321 g/mol. The van der Waals surface area contributed by atoms with E-state index in [1.807, 2.05) is 38.1 Å². The first-order valence-electron chi connectivity index (χ1n) is 7.52. The molecule has 0 radical (unpaired) electrons. The first-order valence-corrected chi connectivity index (χ1v) is 7.52. The van der Waals surface area contributed by atoms with E-state index in [4.69, 9.17) is 4.52 Å². The predicted octanol–water partition coefficient (Wildman–Crippen LogP) is 2.66. The van der Waals surface area contributed by atoms with Gasteiger partial charge in [-0.3, -0.25) is 4.98 Å². The highest BCUT2D eigenvalue weighted by atomic mass is 16.5. The van der Waals surface area contributed by atoms with Crippen LogP contribution in [-0.2, 0) is 0 Å². The Balaban J connectivity index is 1.61. The second kappa shape index (κ2) is 5.73. The summed E-state index contributed by atoms with van der Waals surface area (Å²) in [6.07, 6.45) is 5.12.